The molecule has 2 nitrogen and oxygen atoms in total. The molecule has 1 fully saturated rings. The van der Waals surface area contributed by atoms with Gasteiger partial charge in [0.05, 0.1) is 11.0 Å². The standard InChI is InChI=1S/C7H15NOS2/c1-7(2,11-10)8-4-3-6(9)5-8/h6,9-10H,3-5H2,1-2H3/t6-/m0/s1. The van der Waals surface area contributed by atoms with Crippen molar-refractivity contribution in [1.29, 1.82) is 0 Å². The molecule has 1 saturated heterocycles. The van der Waals surface area contributed by atoms with Crippen molar-refractivity contribution in [3.05, 3.63) is 0 Å². The molecule has 0 radical (unpaired) electrons. The lowest BCUT2D eigenvalue weighted by atomic mass is 10.3. The van der Waals surface area contributed by atoms with E-state index in [1.165, 1.54) is 10.8 Å². The second kappa shape index (κ2) is 3.56. The average Bonchev–Trinajstić information content (AvgIpc) is 2.36. The number of rotatable bonds is 2. The number of likely N-dealkylation sites (tertiary alicyclic amines) is 1. The lowest BCUT2D eigenvalue weighted by Crippen LogP contribution is -2.39. The molecule has 0 aromatic heterocycles. The van der Waals surface area contributed by atoms with Gasteiger partial charge in [-0.05, 0) is 20.3 Å². The second-order valence-electron chi connectivity index (χ2n) is 3.43. The lowest BCUT2D eigenvalue weighted by Gasteiger charge is -2.32. The molecule has 0 saturated carbocycles. The van der Waals surface area contributed by atoms with Gasteiger partial charge < -0.3 is 5.11 Å². The number of hydrogen-bond acceptors (Lipinski definition) is 4. The molecule has 0 aromatic rings. The van der Waals surface area contributed by atoms with Gasteiger partial charge in [0, 0.05) is 13.1 Å². The zero-order valence-electron chi connectivity index (χ0n) is 6.95. The monoisotopic (exact) mass is 193 g/mol. The van der Waals surface area contributed by atoms with Gasteiger partial charge in [-0.25, -0.2) is 0 Å². The van der Waals surface area contributed by atoms with E-state index in [-0.39, 0.29) is 11.0 Å². The van der Waals surface area contributed by atoms with E-state index in [1.54, 1.807) is 0 Å². The Balaban J connectivity index is 2.48. The number of aliphatic hydroxyl groups excluding tert-OH is 1. The molecule has 66 valence electrons. The van der Waals surface area contributed by atoms with Crippen molar-refractivity contribution in [3.8, 4) is 0 Å². The summed E-state index contributed by atoms with van der Waals surface area (Å²) in [5.41, 5.74) is 0. The Morgan fingerprint density at radius 1 is 1.64 bits per heavy atom. The number of aliphatic hydroxyl groups is 1. The van der Waals surface area contributed by atoms with Crippen LogP contribution in [-0.2, 0) is 0 Å². The first-order chi connectivity index (χ1) is 5.06. The number of thiol groups is 1. The first-order valence-corrected chi connectivity index (χ1v) is 5.69. The maximum Gasteiger partial charge on any atom is 0.0714 e. The molecule has 0 aliphatic carbocycles. The fourth-order valence-corrected chi connectivity index (χ4v) is 1.92. The van der Waals surface area contributed by atoms with Gasteiger partial charge in [-0.3, -0.25) is 4.90 Å². The van der Waals surface area contributed by atoms with Gasteiger partial charge in [0.1, 0.15) is 0 Å². The Morgan fingerprint density at radius 2 is 2.27 bits per heavy atom. The van der Waals surface area contributed by atoms with Crippen molar-refractivity contribution in [2.45, 2.75) is 31.2 Å². The van der Waals surface area contributed by atoms with Crippen LogP contribution in [0.25, 0.3) is 0 Å². The topological polar surface area (TPSA) is 23.5 Å². The maximum absolute atomic E-state index is 9.28. The van der Waals surface area contributed by atoms with Crippen LogP contribution < -0.4 is 0 Å². The number of nitrogens with zero attached hydrogens (tertiary/aromatic N) is 1. The van der Waals surface area contributed by atoms with E-state index in [4.69, 9.17) is 0 Å². The zero-order valence-corrected chi connectivity index (χ0v) is 8.66. The summed E-state index contributed by atoms with van der Waals surface area (Å²) in [7, 11) is 1.54. The summed E-state index contributed by atoms with van der Waals surface area (Å²) in [5.74, 6) is 0. The Bertz CT molecular complexity index is 140. The van der Waals surface area contributed by atoms with Gasteiger partial charge in [-0.15, -0.1) is 11.7 Å². The van der Waals surface area contributed by atoms with Crippen molar-refractivity contribution in [1.82, 2.24) is 4.90 Å². The Labute approximate surface area is 77.2 Å². The summed E-state index contributed by atoms with van der Waals surface area (Å²) in [6.45, 7) is 6.04. The molecule has 0 amide bonds. The van der Waals surface area contributed by atoms with Crippen LogP contribution >= 0.6 is 22.5 Å². The first kappa shape index (κ1) is 9.71. The molecule has 4 heteroatoms. The smallest absolute Gasteiger partial charge is 0.0714 e. The van der Waals surface area contributed by atoms with Crippen molar-refractivity contribution in [2.24, 2.45) is 0 Å². The molecule has 11 heavy (non-hydrogen) atoms. The summed E-state index contributed by atoms with van der Waals surface area (Å²) in [5, 5.41) is 9.28. The molecule has 1 aliphatic heterocycles. The first-order valence-electron chi connectivity index (χ1n) is 3.82. The van der Waals surface area contributed by atoms with Crippen molar-refractivity contribution < 1.29 is 5.11 Å². The highest BCUT2D eigenvalue weighted by Crippen LogP contribution is 2.33. The van der Waals surface area contributed by atoms with Crippen LogP contribution in [0.5, 0.6) is 0 Å². The Morgan fingerprint density at radius 3 is 2.64 bits per heavy atom. The number of β-amino-alcohol motifs (C(OH)–C–C–N with tert-alkyl or cyclic N) is 1. The van der Waals surface area contributed by atoms with Crippen LogP contribution in [-0.4, -0.2) is 34.1 Å². The normalized spacial score (nSPS) is 27.8. The van der Waals surface area contributed by atoms with Crippen molar-refractivity contribution >= 4 is 22.5 Å². The third kappa shape index (κ3) is 2.28. The van der Waals surface area contributed by atoms with E-state index in [0.29, 0.717) is 0 Å². The molecule has 1 heterocycles. The molecular formula is C7H15NOS2. The van der Waals surface area contributed by atoms with Gasteiger partial charge in [-0.2, -0.15) is 0 Å². The minimum absolute atomic E-state index is 0.0561. The molecule has 0 bridgehead atoms. The van der Waals surface area contributed by atoms with E-state index in [2.05, 4.69) is 30.4 Å². The second-order valence-corrected chi connectivity index (χ2v) is 5.16. The summed E-state index contributed by atoms with van der Waals surface area (Å²) in [6.07, 6.45) is 0.771. The van der Waals surface area contributed by atoms with E-state index in [1.807, 2.05) is 0 Å². The molecule has 1 atom stereocenters. The van der Waals surface area contributed by atoms with Gasteiger partial charge >= 0.3 is 0 Å². The van der Waals surface area contributed by atoms with Crippen molar-refractivity contribution in [3.63, 3.8) is 0 Å². The maximum atomic E-state index is 9.28. The molecular weight excluding hydrogens is 178 g/mol. The predicted octanol–water partition coefficient (Wildman–Crippen LogP) is 1.37. The average molecular weight is 193 g/mol. The minimum Gasteiger partial charge on any atom is -0.392 e. The molecule has 0 unspecified atom stereocenters. The molecule has 0 aromatic carbocycles. The molecule has 1 rings (SSSR count). The quantitative estimate of drug-likeness (QED) is 0.511. The summed E-state index contributed by atoms with van der Waals surface area (Å²) < 4.78 is 0. The fraction of sp³-hybridized carbons (Fsp3) is 1.00. The van der Waals surface area contributed by atoms with Crippen LogP contribution in [0.2, 0.25) is 0 Å². The van der Waals surface area contributed by atoms with Crippen LogP contribution in [0.3, 0.4) is 0 Å². The summed E-state index contributed by atoms with van der Waals surface area (Å²) in [4.78, 5) is 2.32. The van der Waals surface area contributed by atoms with Crippen molar-refractivity contribution in [2.75, 3.05) is 13.1 Å². The van der Waals surface area contributed by atoms with Gasteiger partial charge in [-0.1, -0.05) is 10.8 Å². The highest BCUT2D eigenvalue weighted by atomic mass is 33.1. The number of hydrogen-bond donors (Lipinski definition) is 2. The van der Waals surface area contributed by atoms with E-state index in [9.17, 15) is 5.11 Å². The lowest BCUT2D eigenvalue weighted by molar-refractivity contribution is 0.159. The van der Waals surface area contributed by atoms with E-state index < -0.39 is 0 Å². The van der Waals surface area contributed by atoms with Gasteiger partial charge in [0.25, 0.3) is 0 Å². The third-order valence-electron chi connectivity index (χ3n) is 2.15. The van der Waals surface area contributed by atoms with E-state index >= 15 is 0 Å². The van der Waals surface area contributed by atoms with Crippen LogP contribution in [0, 0.1) is 0 Å². The largest absolute Gasteiger partial charge is 0.392 e. The minimum atomic E-state index is -0.130. The Kier molecular flexibility index (Phi) is 3.14. The Hall–Kier alpha value is 0.620. The predicted molar refractivity (Wildman–Crippen MR) is 52.9 cm³/mol. The SMILES string of the molecule is CC(C)(SS)N1CC[C@H](O)C1. The molecule has 0 spiro atoms. The van der Waals surface area contributed by atoms with Crippen LogP contribution in [0.15, 0.2) is 0 Å². The fourth-order valence-electron chi connectivity index (χ4n) is 1.29. The van der Waals surface area contributed by atoms with E-state index in [0.717, 1.165) is 19.5 Å². The van der Waals surface area contributed by atoms with Crippen LogP contribution in [0.4, 0.5) is 0 Å². The van der Waals surface area contributed by atoms with Crippen LogP contribution in [0.1, 0.15) is 20.3 Å². The molecule has 1 aliphatic rings. The zero-order chi connectivity index (χ0) is 8.48. The summed E-state index contributed by atoms with van der Waals surface area (Å²) >= 11 is 4.20. The van der Waals surface area contributed by atoms with Gasteiger partial charge in [0.2, 0.25) is 0 Å². The van der Waals surface area contributed by atoms with Gasteiger partial charge in [0.15, 0.2) is 0 Å². The molecule has 1 N–H and O–H groups in total. The summed E-state index contributed by atoms with van der Waals surface area (Å²) in [6, 6.07) is 0. The highest BCUT2D eigenvalue weighted by Gasteiger charge is 2.32. The third-order valence-corrected chi connectivity index (χ3v) is 4.19. The highest BCUT2D eigenvalue weighted by molar-refractivity contribution is 8.69.